The fraction of sp³-hybridized carbons (Fsp3) is 0. The molecule has 1 aromatic heterocycles. The molecule has 3 rings (SSSR count). The van der Waals surface area contributed by atoms with Crippen LogP contribution in [-0.2, 0) is 10.0 Å². The zero-order chi connectivity index (χ0) is 19.1. The van der Waals surface area contributed by atoms with Gasteiger partial charge in [0.15, 0.2) is 5.58 Å². The van der Waals surface area contributed by atoms with Gasteiger partial charge in [-0.25, -0.2) is 18.4 Å². The van der Waals surface area contributed by atoms with Crippen LogP contribution in [0.1, 0.15) is 10.4 Å². The minimum atomic E-state index is -3.83. The van der Waals surface area contributed by atoms with E-state index in [2.05, 4.69) is 37.2 Å². The second-order valence-electron chi connectivity index (χ2n) is 5.28. The second kappa shape index (κ2) is 6.95. The van der Waals surface area contributed by atoms with Crippen molar-refractivity contribution in [2.75, 3.05) is 5.32 Å². The minimum Gasteiger partial charge on any atom is -0.421 e. The standard InChI is InChI=1S/C16H10Br2N2O5S/c17-9-5-8-6-12(16(22)25-14(8)13(18)7-9)15(21)20-10-1-3-11(4-2-10)26(19,23)24/h1-7H,(H,20,21)(H2,19,23,24). The third kappa shape index (κ3) is 3.88. The number of hydrogen-bond donors (Lipinski definition) is 2. The molecule has 0 fully saturated rings. The van der Waals surface area contributed by atoms with Crippen molar-refractivity contribution in [3.63, 3.8) is 0 Å². The molecule has 0 atom stereocenters. The lowest BCUT2D eigenvalue weighted by atomic mass is 10.1. The average Bonchev–Trinajstić information content (AvgIpc) is 2.54. The molecule has 0 aliphatic rings. The summed E-state index contributed by atoms with van der Waals surface area (Å²) < 4.78 is 29.0. The van der Waals surface area contributed by atoms with Crippen LogP contribution in [0.5, 0.6) is 0 Å². The van der Waals surface area contributed by atoms with Gasteiger partial charge in [-0.05, 0) is 58.4 Å². The second-order valence-corrected chi connectivity index (χ2v) is 8.61. The number of carbonyl (C=O) groups excluding carboxylic acids is 1. The summed E-state index contributed by atoms with van der Waals surface area (Å²) in [5.74, 6) is -0.680. The smallest absolute Gasteiger partial charge is 0.349 e. The topological polar surface area (TPSA) is 119 Å². The molecule has 0 aliphatic heterocycles. The maximum absolute atomic E-state index is 12.4. The van der Waals surface area contributed by atoms with Gasteiger partial charge in [0.05, 0.1) is 9.37 Å². The molecule has 0 spiro atoms. The molecule has 0 bridgehead atoms. The lowest BCUT2D eigenvalue weighted by Gasteiger charge is -2.07. The molecular formula is C16H10Br2N2O5S. The van der Waals surface area contributed by atoms with Crippen LogP contribution >= 0.6 is 31.9 Å². The van der Waals surface area contributed by atoms with Crippen LogP contribution in [0.4, 0.5) is 5.69 Å². The number of amides is 1. The third-order valence-electron chi connectivity index (χ3n) is 3.44. The quantitative estimate of drug-likeness (QED) is 0.534. The number of carbonyl (C=O) groups is 1. The summed E-state index contributed by atoms with van der Waals surface area (Å²) in [6.45, 7) is 0. The number of rotatable bonds is 3. The Morgan fingerprint density at radius 1 is 1.08 bits per heavy atom. The molecule has 3 aromatic rings. The van der Waals surface area contributed by atoms with E-state index < -0.39 is 21.6 Å². The molecule has 1 heterocycles. The van der Waals surface area contributed by atoms with Crippen LogP contribution in [0.3, 0.4) is 0 Å². The number of sulfonamides is 1. The number of nitrogens with two attached hydrogens (primary N) is 1. The Kier molecular flexibility index (Phi) is 5.02. The fourth-order valence-corrected chi connectivity index (χ4v) is 4.10. The van der Waals surface area contributed by atoms with E-state index in [1.54, 1.807) is 12.1 Å². The molecule has 3 N–H and O–H groups in total. The van der Waals surface area contributed by atoms with Crippen LogP contribution in [0.15, 0.2) is 65.5 Å². The van der Waals surface area contributed by atoms with Crippen LogP contribution in [-0.4, -0.2) is 14.3 Å². The van der Waals surface area contributed by atoms with Crippen molar-refractivity contribution in [1.82, 2.24) is 0 Å². The van der Waals surface area contributed by atoms with E-state index >= 15 is 0 Å². The van der Waals surface area contributed by atoms with Gasteiger partial charge < -0.3 is 9.73 Å². The number of halogens is 2. The molecule has 7 nitrogen and oxygen atoms in total. The van der Waals surface area contributed by atoms with Crippen molar-refractivity contribution in [2.45, 2.75) is 4.90 Å². The van der Waals surface area contributed by atoms with Gasteiger partial charge in [0, 0.05) is 15.5 Å². The van der Waals surface area contributed by atoms with Crippen molar-refractivity contribution < 1.29 is 17.6 Å². The van der Waals surface area contributed by atoms with Crippen molar-refractivity contribution >= 4 is 64.4 Å². The highest BCUT2D eigenvalue weighted by atomic mass is 79.9. The first-order valence-electron chi connectivity index (χ1n) is 7.02. The van der Waals surface area contributed by atoms with Crippen LogP contribution < -0.4 is 16.1 Å². The summed E-state index contributed by atoms with van der Waals surface area (Å²) in [6, 6.07) is 10.1. The Morgan fingerprint density at radius 2 is 1.73 bits per heavy atom. The molecule has 0 saturated heterocycles. The first-order chi connectivity index (χ1) is 12.1. The average molecular weight is 502 g/mol. The fourth-order valence-electron chi connectivity index (χ4n) is 2.24. The number of primary sulfonamides is 1. The van der Waals surface area contributed by atoms with Crippen molar-refractivity contribution in [2.24, 2.45) is 5.14 Å². The predicted molar refractivity (Wildman–Crippen MR) is 104 cm³/mol. The molecular weight excluding hydrogens is 492 g/mol. The highest BCUT2D eigenvalue weighted by molar-refractivity contribution is 9.11. The van der Waals surface area contributed by atoms with Gasteiger partial charge in [-0.15, -0.1) is 0 Å². The number of benzene rings is 2. The summed E-state index contributed by atoms with van der Waals surface area (Å²) in [4.78, 5) is 24.4. The van der Waals surface area contributed by atoms with Crippen molar-refractivity contribution in [3.05, 3.63) is 67.4 Å². The Hall–Kier alpha value is -2.01. The lowest BCUT2D eigenvalue weighted by Crippen LogP contribution is -2.20. The molecule has 0 radical (unpaired) electrons. The van der Waals surface area contributed by atoms with E-state index in [0.717, 1.165) is 4.47 Å². The van der Waals surface area contributed by atoms with Crippen LogP contribution in [0.25, 0.3) is 11.0 Å². The number of nitrogens with one attached hydrogen (secondary N) is 1. The lowest BCUT2D eigenvalue weighted by molar-refractivity contribution is 0.102. The van der Waals surface area contributed by atoms with Crippen LogP contribution in [0.2, 0.25) is 0 Å². The van der Waals surface area contributed by atoms with E-state index in [9.17, 15) is 18.0 Å². The molecule has 0 saturated carbocycles. The monoisotopic (exact) mass is 500 g/mol. The largest absolute Gasteiger partial charge is 0.421 e. The van der Waals surface area contributed by atoms with Crippen molar-refractivity contribution in [1.29, 1.82) is 0 Å². The minimum absolute atomic E-state index is 0.0876. The van der Waals surface area contributed by atoms with Gasteiger partial charge in [0.1, 0.15) is 5.56 Å². The Balaban J connectivity index is 1.95. The Morgan fingerprint density at radius 3 is 2.35 bits per heavy atom. The summed E-state index contributed by atoms with van der Waals surface area (Å²) in [7, 11) is -3.83. The predicted octanol–water partition coefficient (Wildman–Crippen LogP) is 3.22. The van der Waals surface area contributed by atoms with Gasteiger partial charge in [-0.1, -0.05) is 15.9 Å². The van der Waals surface area contributed by atoms with E-state index in [1.165, 1.54) is 30.3 Å². The van der Waals surface area contributed by atoms with E-state index in [4.69, 9.17) is 9.56 Å². The van der Waals surface area contributed by atoms with E-state index in [0.29, 0.717) is 21.1 Å². The molecule has 0 unspecified atom stereocenters. The third-order valence-corrected chi connectivity index (χ3v) is 5.41. The number of anilines is 1. The number of hydrogen-bond acceptors (Lipinski definition) is 5. The van der Waals surface area contributed by atoms with Gasteiger partial charge in [0.2, 0.25) is 10.0 Å². The highest BCUT2D eigenvalue weighted by Crippen LogP contribution is 2.28. The van der Waals surface area contributed by atoms with Gasteiger partial charge in [-0.3, -0.25) is 4.79 Å². The maximum Gasteiger partial charge on any atom is 0.349 e. The Bertz CT molecular complexity index is 1190. The zero-order valence-electron chi connectivity index (χ0n) is 12.8. The van der Waals surface area contributed by atoms with Crippen LogP contribution in [0, 0.1) is 0 Å². The first kappa shape index (κ1) is 18.8. The van der Waals surface area contributed by atoms with E-state index in [-0.39, 0.29) is 10.5 Å². The highest BCUT2D eigenvalue weighted by Gasteiger charge is 2.16. The van der Waals surface area contributed by atoms with Gasteiger partial charge in [-0.2, -0.15) is 0 Å². The summed E-state index contributed by atoms with van der Waals surface area (Å²) in [5, 5.41) is 8.09. The normalized spacial score (nSPS) is 11.5. The zero-order valence-corrected chi connectivity index (χ0v) is 16.8. The van der Waals surface area contributed by atoms with Gasteiger partial charge >= 0.3 is 5.63 Å². The Labute approximate surface area is 164 Å². The molecule has 2 aromatic carbocycles. The summed E-state index contributed by atoms with van der Waals surface area (Å²) >= 11 is 6.63. The van der Waals surface area contributed by atoms with Crippen molar-refractivity contribution in [3.8, 4) is 0 Å². The van der Waals surface area contributed by atoms with E-state index in [1.807, 2.05) is 0 Å². The molecule has 134 valence electrons. The summed E-state index contributed by atoms with van der Waals surface area (Å²) in [6.07, 6.45) is 0. The molecule has 26 heavy (non-hydrogen) atoms. The first-order valence-corrected chi connectivity index (χ1v) is 10.2. The molecule has 0 aliphatic carbocycles. The van der Waals surface area contributed by atoms with Gasteiger partial charge in [0.25, 0.3) is 5.91 Å². The molecule has 1 amide bonds. The maximum atomic E-state index is 12.4. The summed E-state index contributed by atoms with van der Waals surface area (Å²) in [5.41, 5.74) is -0.346. The number of fused-ring (bicyclic) bond motifs is 1. The SMILES string of the molecule is NS(=O)(=O)c1ccc(NC(=O)c2cc3cc(Br)cc(Br)c3oc2=O)cc1. The molecule has 10 heteroatoms.